The quantitative estimate of drug-likeness (QED) is 0.443. The van der Waals surface area contributed by atoms with E-state index < -0.39 is 7.82 Å². The van der Waals surface area contributed by atoms with Crippen LogP contribution in [0.15, 0.2) is 0 Å². The summed E-state index contributed by atoms with van der Waals surface area (Å²) in [5.74, 6) is 0. The first kappa shape index (κ1) is 16.1. The molecule has 0 fully saturated rings. The van der Waals surface area contributed by atoms with Crippen molar-refractivity contribution in [3.8, 4) is 0 Å². The lowest BCUT2D eigenvalue weighted by molar-refractivity contribution is 0.0637. The molecule has 0 bridgehead atoms. The van der Waals surface area contributed by atoms with Crippen molar-refractivity contribution in [3.05, 3.63) is 0 Å². The third-order valence-corrected chi connectivity index (χ3v) is 3.49. The second-order valence-corrected chi connectivity index (χ2v) is 5.05. The zero-order valence-corrected chi connectivity index (χ0v) is 11.5. The Balaban J connectivity index is 4.18. The number of phosphoric ester groups is 1. The van der Waals surface area contributed by atoms with Gasteiger partial charge in [0.2, 0.25) is 0 Å². The highest BCUT2D eigenvalue weighted by Crippen LogP contribution is 2.50. The third kappa shape index (κ3) is 7.36. The smallest absolute Gasteiger partial charge is 0.382 e. The maximum absolute atomic E-state index is 12.1. The van der Waals surface area contributed by atoms with Crippen LogP contribution in [0.4, 0.5) is 0 Å². The fraction of sp³-hybridized carbons (Fsp3) is 1.00. The molecule has 0 aliphatic heterocycles. The summed E-state index contributed by atoms with van der Waals surface area (Å²) in [7, 11) is -1.87. The molecule has 0 spiro atoms. The molecular formula is C10H23O5P. The Morgan fingerprint density at radius 3 is 2.25 bits per heavy atom. The van der Waals surface area contributed by atoms with Gasteiger partial charge < -0.3 is 4.74 Å². The molecule has 98 valence electrons. The summed E-state index contributed by atoms with van der Waals surface area (Å²) in [6, 6.07) is 0. The maximum Gasteiger partial charge on any atom is 0.475 e. The van der Waals surface area contributed by atoms with Crippen LogP contribution in [0.3, 0.4) is 0 Å². The van der Waals surface area contributed by atoms with Gasteiger partial charge >= 0.3 is 7.82 Å². The predicted octanol–water partition coefficient (Wildman–Crippen LogP) is 3.00. The lowest BCUT2D eigenvalue weighted by Gasteiger charge is -2.20. The molecule has 0 saturated carbocycles. The molecule has 0 N–H and O–H groups in total. The molecule has 0 rings (SSSR count). The first-order valence-electron chi connectivity index (χ1n) is 5.64. The van der Waals surface area contributed by atoms with Gasteiger partial charge in [0.05, 0.1) is 25.9 Å². The highest BCUT2D eigenvalue weighted by molar-refractivity contribution is 7.48. The Bertz CT molecular complexity index is 209. The highest BCUT2D eigenvalue weighted by Gasteiger charge is 2.28. The fourth-order valence-electron chi connectivity index (χ4n) is 0.829. The van der Waals surface area contributed by atoms with Gasteiger partial charge in [-0.25, -0.2) is 4.57 Å². The number of rotatable bonds is 10. The largest absolute Gasteiger partial charge is 0.475 e. The minimum atomic E-state index is -3.42. The summed E-state index contributed by atoms with van der Waals surface area (Å²) < 4.78 is 32.5. The molecule has 0 radical (unpaired) electrons. The average molecular weight is 254 g/mol. The van der Waals surface area contributed by atoms with Gasteiger partial charge in [0.25, 0.3) is 0 Å². The van der Waals surface area contributed by atoms with E-state index >= 15 is 0 Å². The van der Waals surface area contributed by atoms with Crippen LogP contribution in [0.2, 0.25) is 0 Å². The molecule has 0 aliphatic carbocycles. The molecular weight excluding hydrogens is 231 g/mol. The van der Waals surface area contributed by atoms with E-state index in [9.17, 15) is 4.57 Å². The maximum atomic E-state index is 12.1. The zero-order valence-electron chi connectivity index (χ0n) is 10.6. The molecule has 0 aromatic carbocycles. The number of methoxy groups -OCH3 is 1. The standard InChI is InChI=1S/C10H23O5P/c1-5-7-13-16(11,14-9-8-12-4)15-10(3)6-2/h10H,5-9H2,1-4H3. The van der Waals surface area contributed by atoms with Crippen molar-refractivity contribution in [2.45, 2.75) is 39.7 Å². The minimum Gasteiger partial charge on any atom is -0.382 e. The van der Waals surface area contributed by atoms with Gasteiger partial charge in [-0.3, -0.25) is 13.6 Å². The molecule has 0 aliphatic rings. The number of hydrogen-bond acceptors (Lipinski definition) is 5. The number of ether oxygens (including phenoxy) is 1. The summed E-state index contributed by atoms with van der Waals surface area (Å²) in [4.78, 5) is 0. The Labute approximate surface area is 98.0 Å². The van der Waals surface area contributed by atoms with E-state index in [0.29, 0.717) is 13.2 Å². The lowest BCUT2D eigenvalue weighted by atomic mass is 10.3. The third-order valence-electron chi connectivity index (χ3n) is 1.87. The van der Waals surface area contributed by atoms with Crippen molar-refractivity contribution < 1.29 is 22.9 Å². The lowest BCUT2D eigenvalue weighted by Crippen LogP contribution is -2.11. The predicted molar refractivity (Wildman–Crippen MR) is 62.5 cm³/mol. The summed E-state index contributed by atoms with van der Waals surface area (Å²) in [6.07, 6.45) is 1.37. The average Bonchev–Trinajstić information content (AvgIpc) is 2.27. The highest BCUT2D eigenvalue weighted by atomic mass is 31.2. The second-order valence-electron chi connectivity index (χ2n) is 3.43. The Morgan fingerprint density at radius 2 is 1.75 bits per heavy atom. The van der Waals surface area contributed by atoms with Gasteiger partial charge in [-0.05, 0) is 19.8 Å². The topological polar surface area (TPSA) is 54.0 Å². The van der Waals surface area contributed by atoms with Crippen LogP contribution in [0.1, 0.15) is 33.6 Å². The summed E-state index contributed by atoms with van der Waals surface area (Å²) in [5, 5.41) is 0. The Kier molecular flexibility index (Phi) is 9.18. The Hall–Kier alpha value is 0.0700. The SMILES string of the molecule is CCCOP(=O)(OCCOC)OC(C)CC. The summed E-state index contributed by atoms with van der Waals surface area (Å²) >= 11 is 0. The van der Waals surface area contributed by atoms with Crippen LogP contribution >= 0.6 is 7.82 Å². The molecule has 0 amide bonds. The first-order chi connectivity index (χ1) is 7.58. The summed E-state index contributed by atoms with van der Waals surface area (Å²) in [5.41, 5.74) is 0. The van der Waals surface area contributed by atoms with E-state index in [1.54, 1.807) is 7.11 Å². The Morgan fingerprint density at radius 1 is 1.12 bits per heavy atom. The van der Waals surface area contributed by atoms with Gasteiger partial charge in [0.15, 0.2) is 0 Å². The van der Waals surface area contributed by atoms with Crippen molar-refractivity contribution in [2.24, 2.45) is 0 Å². The van der Waals surface area contributed by atoms with Crippen LogP contribution in [0.5, 0.6) is 0 Å². The first-order valence-corrected chi connectivity index (χ1v) is 7.10. The van der Waals surface area contributed by atoms with Crippen LogP contribution in [-0.2, 0) is 22.9 Å². The molecule has 0 heterocycles. The van der Waals surface area contributed by atoms with Crippen LogP contribution in [0, 0.1) is 0 Å². The summed E-state index contributed by atoms with van der Waals surface area (Å²) in [6.45, 7) is 6.65. The van der Waals surface area contributed by atoms with Crippen LogP contribution in [-0.4, -0.2) is 33.0 Å². The van der Waals surface area contributed by atoms with Crippen LogP contribution in [0.25, 0.3) is 0 Å². The van der Waals surface area contributed by atoms with Crippen molar-refractivity contribution in [1.82, 2.24) is 0 Å². The van der Waals surface area contributed by atoms with Gasteiger partial charge in [-0.15, -0.1) is 0 Å². The zero-order chi connectivity index (χ0) is 12.4. The molecule has 2 unspecified atom stereocenters. The van der Waals surface area contributed by atoms with E-state index in [-0.39, 0.29) is 12.7 Å². The normalized spacial score (nSPS) is 17.0. The van der Waals surface area contributed by atoms with Crippen LogP contribution < -0.4 is 0 Å². The van der Waals surface area contributed by atoms with Gasteiger partial charge in [0, 0.05) is 7.11 Å². The molecule has 0 aromatic heterocycles. The fourth-order valence-corrected chi connectivity index (χ4v) is 2.32. The monoisotopic (exact) mass is 254 g/mol. The van der Waals surface area contributed by atoms with E-state index in [0.717, 1.165) is 12.8 Å². The van der Waals surface area contributed by atoms with E-state index in [4.69, 9.17) is 18.3 Å². The van der Waals surface area contributed by atoms with E-state index in [1.807, 2.05) is 20.8 Å². The van der Waals surface area contributed by atoms with Gasteiger partial charge in [-0.1, -0.05) is 13.8 Å². The van der Waals surface area contributed by atoms with Crippen molar-refractivity contribution in [3.63, 3.8) is 0 Å². The molecule has 0 aromatic rings. The molecule has 5 nitrogen and oxygen atoms in total. The minimum absolute atomic E-state index is 0.148. The molecule has 6 heteroatoms. The number of phosphoric acid groups is 1. The van der Waals surface area contributed by atoms with E-state index in [2.05, 4.69) is 0 Å². The number of hydrogen-bond donors (Lipinski definition) is 0. The van der Waals surface area contributed by atoms with Crippen molar-refractivity contribution >= 4 is 7.82 Å². The van der Waals surface area contributed by atoms with Crippen molar-refractivity contribution in [2.75, 3.05) is 26.9 Å². The second kappa shape index (κ2) is 9.14. The van der Waals surface area contributed by atoms with Gasteiger partial charge in [-0.2, -0.15) is 0 Å². The van der Waals surface area contributed by atoms with E-state index in [1.165, 1.54) is 0 Å². The van der Waals surface area contributed by atoms with Gasteiger partial charge in [0.1, 0.15) is 0 Å². The molecule has 0 saturated heterocycles. The molecule has 2 atom stereocenters. The molecule has 16 heavy (non-hydrogen) atoms. The van der Waals surface area contributed by atoms with Crippen molar-refractivity contribution in [1.29, 1.82) is 0 Å².